The summed E-state index contributed by atoms with van der Waals surface area (Å²) in [4.78, 5) is 2.01. The van der Waals surface area contributed by atoms with Gasteiger partial charge < -0.3 is 14.4 Å². The second-order valence-corrected chi connectivity index (χ2v) is 7.67. The first-order valence-corrected chi connectivity index (χ1v) is 9.33. The van der Waals surface area contributed by atoms with Crippen molar-refractivity contribution in [1.82, 2.24) is 0 Å². The van der Waals surface area contributed by atoms with Crippen LogP contribution in [0.3, 0.4) is 0 Å². The molecule has 0 amide bonds. The SMILES string of the molecule is COc1ccc(N2C(Cl)(Cl)C2(c2ccccc2)c2ccc(OC)cc2)cc1. The van der Waals surface area contributed by atoms with E-state index in [2.05, 4.69) is 0 Å². The molecule has 1 atom stereocenters. The number of hydrogen-bond acceptors (Lipinski definition) is 3. The summed E-state index contributed by atoms with van der Waals surface area (Å²) < 4.78 is 9.45. The van der Waals surface area contributed by atoms with Crippen LogP contribution in [0.15, 0.2) is 78.9 Å². The lowest BCUT2D eigenvalue weighted by Crippen LogP contribution is -2.19. The van der Waals surface area contributed by atoms with E-state index in [1.807, 2.05) is 83.8 Å². The lowest BCUT2D eigenvalue weighted by atomic mass is 9.90. The van der Waals surface area contributed by atoms with Crippen molar-refractivity contribution >= 4 is 28.9 Å². The van der Waals surface area contributed by atoms with Crippen LogP contribution in [-0.2, 0) is 5.54 Å². The Morgan fingerprint density at radius 1 is 0.667 bits per heavy atom. The highest BCUT2D eigenvalue weighted by Gasteiger charge is 2.76. The van der Waals surface area contributed by atoms with E-state index in [-0.39, 0.29) is 0 Å². The van der Waals surface area contributed by atoms with E-state index in [4.69, 9.17) is 32.7 Å². The normalized spacial score (nSPS) is 20.2. The molecule has 5 heteroatoms. The Kier molecular flexibility index (Phi) is 4.45. The summed E-state index contributed by atoms with van der Waals surface area (Å²) >= 11 is 13.8. The largest absolute Gasteiger partial charge is 0.497 e. The Hall–Kier alpha value is -2.36. The van der Waals surface area contributed by atoms with Crippen LogP contribution in [0.4, 0.5) is 5.69 Å². The second-order valence-electron chi connectivity index (χ2n) is 6.38. The minimum Gasteiger partial charge on any atom is -0.497 e. The fourth-order valence-electron chi connectivity index (χ4n) is 3.68. The van der Waals surface area contributed by atoms with Gasteiger partial charge in [-0.2, -0.15) is 0 Å². The minimum atomic E-state index is -1.13. The molecule has 4 rings (SSSR count). The number of rotatable bonds is 5. The first kappa shape index (κ1) is 18.0. The fourth-order valence-corrected chi connectivity index (χ4v) is 4.65. The summed E-state index contributed by atoms with van der Waals surface area (Å²) in [5.41, 5.74) is 2.24. The van der Waals surface area contributed by atoms with Gasteiger partial charge in [0.05, 0.1) is 14.2 Å². The third-order valence-corrected chi connectivity index (χ3v) is 5.92. The molecule has 1 fully saturated rings. The van der Waals surface area contributed by atoms with E-state index in [0.29, 0.717) is 0 Å². The average molecular weight is 400 g/mol. The standard InChI is InChI=1S/C22H19Cl2NO2/c1-26-19-12-8-17(9-13-19)21(16-6-4-3-5-7-16)22(23,24)25(21)18-10-14-20(27-2)15-11-18/h3-15H,1-2H3. The molecule has 3 nitrogen and oxygen atoms in total. The smallest absolute Gasteiger partial charge is 0.223 e. The molecular formula is C22H19Cl2NO2. The molecule has 1 unspecified atom stereocenters. The zero-order chi connectivity index (χ0) is 19.1. The zero-order valence-corrected chi connectivity index (χ0v) is 16.5. The first-order chi connectivity index (χ1) is 13.1. The summed E-state index contributed by atoms with van der Waals surface area (Å²) in [5.74, 6) is 1.57. The van der Waals surface area contributed by atoms with Gasteiger partial charge in [-0.25, -0.2) is 0 Å². The molecule has 0 aromatic heterocycles. The van der Waals surface area contributed by atoms with E-state index in [0.717, 1.165) is 28.3 Å². The highest BCUT2D eigenvalue weighted by atomic mass is 35.5. The lowest BCUT2D eigenvalue weighted by molar-refractivity contribution is 0.414. The topological polar surface area (TPSA) is 21.5 Å². The second kappa shape index (κ2) is 6.66. The van der Waals surface area contributed by atoms with E-state index in [1.54, 1.807) is 14.2 Å². The van der Waals surface area contributed by atoms with Gasteiger partial charge in [0.15, 0.2) is 0 Å². The van der Waals surface area contributed by atoms with Crippen molar-refractivity contribution in [2.75, 3.05) is 19.1 Å². The van der Waals surface area contributed by atoms with Gasteiger partial charge in [-0.05, 0) is 47.5 Å². The number of anilines is 1. The van der Waals surface area contributed by atoms with Crippen LogP contribution >= 0.6 is 23.2 Å². The van der Waals surface area contributed by atoms with Crippen molar-refractivity contribution in [3.63, 3.8) is 0 Å². The molecule has 3 aromatic rings. The summed E-state index contributed by atoms with van der Waals surface area (Å²) in [6, 6.07) is 25.7. The summed E-state index contributed by atoms with van der Waals surface area (Å²) in [6.45, 7) is 0. The van der Waals surface area contributed by atoms with E-state index >= 15 is 0 Å². The Labute approximate surface area is 169 Å². The number of nitrogens with zero attached hydrogens (tertiary/aromatic N) is 1. The Balaban J connectivity index is 1.87. The maximum Gasteiger partial charge on any atom is 0.223 e. The Bertz CT molecular complexity index is 927. The molecule has 0 aliphatic carbocycles. The number of halogens is 2. The number of ether oxygens (including phenoxy) is 2. The number of hydrogen-bond donors (Lipinski definition) is 0. The monoisotopic (exact) mass is 399 g/mol. The number of benzene rings is 3. The van der Waals surface area contributed by atoms with Crippen LogP contribution in [0.2, 0.25) is 0 Å². The van der Waals surface area contributed by atoms with Crippen molar-refractivity contribution in [1.29, 1.82) is 0 Å². The van der Waals surface area contributed by atoms with Gasteiger partial charge >= 0.3 is 0 Å². The average Bonchev–Trinajstić information content (AvgIpc) is 3.25. The third kappa shape index (κ3) is 2.65. The molecule has 1 aliphatic rings. The van der Waals surface area contributed by atoms with E-state index in [9.17, 15) is 0 Å². The predicted molar refractivity (Wildman–Crippen MR) is 110 cm³/mol. The Morgan fingerprint density at radius 3 is 1.67 bits per heavy atom. The third-order valence-electron chi connectivity index (χ3n) is 5.03. The molecule has 1 heterocycles. The van der Waals surface area contributed by atoms with Crippen LogP contribution in [0.25, 0.3) is 0 Å². The summed E-state index contributed by atoms with van der Waals surface area (Å²) in [6.07, 6.45) is 0. The van der Waals surface area contributed by atoms with Gasteiger partial charge in [-0.3, -0.25) is 0 Å². The van der Waals surface area contributed by atoms with Gasteiger partial charge in [0.1, 0.15) is 17.0 Å². The van der Waals surface area contributed by atoms with Gasteiger partial charge in [0.2, 0.25) is 4.46 Å². The highest BCUT2D eigenvalue weighted by Crippen LogP contribution is 2.69. The molecule has 0 bridgehead atoms. The van der Waals surface area contributed by atoms with Crippen LogP contribution in [0, 0.1) is 0 Å². The molecular weight excluding hydrogens is 381 g/mol. The molecule has 3 aromatic carbocycles. The number of methoxy groups -OCH3 is 2. The van der Waals surface area contributed by atoms with Crippen LogP contribution in [0.1, 0.15) is 11.1 Å². The van der Waals surface area contributed by atoms with Crippen molar-refractivity contribution in [3.8, 4) is 11.5 Å². The zero-order valence-electron chi connectivity index (χ0n) is 15.0. The molecule has 27 heavy (non-hydrogen) atoms. The van der Waals surface area contributed by atoms with E-state index < -0.39 is 10.00 Å². The molecule has 138 valence electrons. The summed E-state index contributed by atoms with van der Waals surface area (Å²) in [5, 5.41) is 0. The molecule has 0 radical (unpaired) electrons. The predicted octanol–water partition coefficient (Wildman–Crippen LogP) is 5.60. The van der Waals surface area contributed by atoms with Gasteiger partial charge in [0.25, 0.3) is 0 Å². The maximum absolute atomic E-state index is 6.91. The lowest BCUT2D eigenvalue weighted by Gasteiger charge is -2.19. The molecule has 0 saturated carbocycles. The van der Waals surface area contributed by atoms with Crippen LogP contribution in [-0.4, -0.2) is 18.7 Å². The van der Waals surface area contributed by atoms with Crippen molar-refractivity contribution < 1.29 is 9.47 Å². The van der Waals surface area contributed by atoms with Crippen molar-refractivity contribution in [2.45, 2.75) is 10.00 Å². The number of alkyl halides is 2. The first-order valence-electron chi connectivity index (χ1n) is 8.58. The summed E-state index contributed by atoms with van der Waals surface area (Å²) in [7, 11) is 3.29. The van der Waals surface area contributed by atoms with Crippen LogP contribution < -0.4 is 14.4 Å². The van der Waals surface area contributed by atoms with Gasteiger partial charge in [-0.15, -0.1) is 0 Å². The van der Waals surface area contributed by atoms with Crippen molar-refractivity contribution in [2.24, 2.45) is 0 Å². The molecule has 0 N–H and O–H groups in total. The van der Waals surface area contributed by atoms with Gasteiger partial charge in [0, 0.05) is 5.69 Å². The van der Waals surface area contributed by atoms with Crippen LogP contribution in [0.5, 0.6) is 11.5 Å². The maximum atomic E-state index is 6.91. The highest BCUT2D eigenvalue weighted by molar-refractivity contribution is 6.54. The van der Waals surface area contributed by atoms with Gasteiger partial charge in [-0.1, -0.05) is 65.7 Å². The molecule has 1 saturated heterocycles. The quantitative estimate of drug-likeness (QED) is 0.316. The van der Waals surface area contributed by atoms with E-state index in [1.165, 1.54) is 0 Å². The molecule has 0 spiro atoms. The Morgan fingerprint density at radius 2 is 1.15 bits per heavy atom. The minimum absolute atomic E-state index is 0.696. The van der Waals surface area contributed by atoms with Crippen molar-refractivity contribution in [3.05, 3.63) is 90.0 Å². The molecule has 1 aliphatic heterocycles. The fraction of sp³-hybridized carbons (Fsp3) is 0.182.